The summed E-state index contributed by atoms with van der Waals surface area (Å²) in [7, 11) is 1.82. The van der Waals surface area contributed by atoms with Crippen LogP contribution in [-0.4, -0.2) is 75.4 Å². The number of aliphatic imine (C=N–C) groups is 1. The number of carbonyl (C=O) groups excluding carboxylic acids is 1. The molecule has 2 aliphatic rings. The number of rotatable bonds is 8. The number of carbonyl (C=O) groups is 1. The van der Waals surface area contributed by atoms with E-state index in [0.717, 1.165) is 69.4 Å². The highest BCUT2D eigenvalue weighted by Gasteiger charge is 2.23. The first-order valence-corrected chi connectivity index (χ1v) is 11.6. The highest BCUT2D eigenvalue weighted by Crippen LogP contribution is 2.18. The highest BCUT2D eigenvalue weighted by molar-refractivity contribution is 7.12. The quantitative estimate of drug-likeness (QED) is 0.382. The maximum Gasteiger partial charge on any atom is 0.261 e. The van der Waals surface area contributed by atoms with Gasteiger partial charge in [0, 0.05) is 39.8 Å². The Hall–Kier alpha value is -1.64. The predicted molar refractivity (Wildman–Crippen MR) is 117 cm³/mol. The average molecular weight is 423 g/mol. The Morgan fingerprint density at radius 2 is 2.10 bits per heavy atom. The second-order valence-electron chi connectivity index (χ2n) is 7.57. The zero-order valence-corrected chi connectivity index (χ0v) is 18.2. The number of nitrogens with zero attached hydrogens (tertiary/aromatic N) is 2. The molecule has 0 saturated carbocycles. The molecule has 0 spiro atoms. The lowest BCUT2D eigenvalue weighted by molar-refractivity contribution is -0.0721. The Morgan fingerprint density at radius 1 is 1.28 bits per heavy atom. The van der Waals surface area contributed by atoms with Gasteiger partial charge in [0.25, 0.3) is 5.91 Å². The number of hydrogen-bond donors (Lipinski definition) is 2. The molecule has 2 aliphatic heterocycles. The number of guanidine groups is 1. The molecule has 3 rings (SSSR count). The molecule has 29 heavy (non-hydrogen) atoms. The molecule has 1 unspecified atom stereocenters. The summed E-state index contributed by atoms with van der Waals surface area (Å²) in [5.74, 6) is 0.939. The first-order valence-electron chi connectivity index (χ1n) is 10.8. The van der Waals surface area contributed by atoms with Crippen molar-refractivity contribution in [3.05, 3.63) is 22.4 Å². The summed E-state index contributed by atoms with van der Waals surface area (Å²) in [4.78, 5) is 19.4. The molecule has 0 radical (unpaired) electrons. The molecule has 0 aromatic carbocycles. The van der Waals surface area contributed by atoms with E-state index < -0.39 is 0 Å². The van der Waals surface area contributed by atoms with E-state index in [1.807, 2.05) is 24.6 Å². The topological polar surface area (TPSA) is 75.2 Å². The summed E-state index contributed by atoms with van der Waals surface area (Å²) in [6.45, 7) is 4.95. The van der Waals surface area contributed by atoms with Crippen molar-refractivity contribution in [2.24, 2.45) is 4.99 Å². The Bertz CT molecular complexity index is 624. The molecule has 2 N–H and O–H groups in total. The van der Waals surface area contributed by atoms with Crippen molar-refractivity contribution in [3.8, 4) is 0 Å². The van der Waals surface area contributed by atoms with Crippen LogP contribution < -0.4 is 10.6 Å². The third-order valence-corrected chi connectivity index (χ3v) is 6.28. The minimum atomic E-state index is 0.00470. The Labute approximate surface area is 177 Å². The summed E-state index contributed by atoms with van der Waals surface area (Å²) in [6.07, 6.45) is 7.07. The SMILES string of the molecule is CN=C(NCCCNC(=O)c1cccs1)N1CCC(OCC2CCCCO2)CC1. The maximum atomic E-state index is 11.9. The van der Waals surface area contributed by atoms with E-state index in [4.69, 9.17) is 9.47 Å². The van der Waals surface area contributed by atoms with Crippen LogP contribution in [0.3, 0.4) is 0 Å². The number of ether oxygens (including phenoxy) is 2. The van der Waals surface area contributed by atoms with Crippen molar-refractivity contribution in [3.63, 3.8) is 0 Å². The number of nitrogens with one attached hydrogen (secondary N) is 2. The summed E-state index contributed by atoms with van der Waals surface area (Å²) < 4.78 is 11.9. The summed E-state index contributed by atoms with van der Waals surface area (Å²) >= 11 is 1.46. The van der Waals surface area contributed by atoms with Crippen molar-refractivity contribution in [1.29, 1.82) is 0 Å². The average Bonchev–Trinajstić information content (AvgIpc) is 3.31. The fourth-order valence-corrected chi connectivity index (χ4v) is 4.37. The van der Waals surface area contributed by atoms with E-state index >= 15 is 0 Å². The lowest BCUT2D eigenvalue weighted by Crippen LogP contribution is -2.47. The molecule has 2 saturated heterocycles. The molecule has 0 aliphatic carbocycles. The van der Waals surface area contributed by atoms with Crippen molar-refractivity contribution in [1.82, 2.24) is 15.5 Å². The van der Waals surface area contributed by atoms with Gasteiger partial charge in [-0.15, -0.1) is 11.3 Å². The van der Waals surface area contributed by atoms with Crippen LogP contribution in [0.2, 0.25) is 0 Å². The fraction of sp³-hybridized carbons (Fsp3) is 0.714. The van der Waals surface area contributed by atoms with Crippen LogP contribution in [0.5, 0.6) is 0 Å². The first-order chi connectivity index (χ1) is 14.3. The van der Waals surface area contributed by atoms with Gasteiger partial charge in [0.15, 0.2) is 5.96 Å². The third-order valence-electron chi connectivity index (χ3n) is 5.41. The Kier molecular flexibility index (Phi) is 9.24. The summed E-state index contributed by atoms with van der Waals surface area (Å²) in [5.41, 5.74) is 0. The van der Waals surface area contributed by atoms with E-state index in [1.165, 1.54) is 24.2 Å². The molecule has 8 heteroatoms. The molecular weight excluding hydrogens is 388 g/mol. The molecule has 1 aromatic heterocycles. The minimum Gasteiger partial charge on any atom is -0.376 e. The van der Waals surface area contributed by atoms with Crippen LogP contribution in [0.1, 0.15) is 48.2 Å². The second kappa shape index (κ2) is 12.1. The van der Waals surface area contributed by atoms with E-state index in [9.17, 15) is 4.79 Å². The lowest BCUT2D eigenvalue weighted by Gasteiger charge is -2.35. The molecule has 3 heterocycles. The van der Waals surface area contributed by atoms with Crippen LogP contribution in [0.4, 0.5) is 0 Å². The van der Waals surface area contributed by atoms with Gasteiger partial charge in [-0.05, 0) is 50.0 Å². The lowest BCUT2D eigenvalue weighted by atomic mass is 10.1. The van der Waals surface area contributed by atoms with Gasteiger partial charge >= 0.3 is 0 Å². The maximum absolute atomic E-state index is 11.9. The van der Waals surface area contributed by atoms with E-state index in [-0.39, 0.29) is 12.0 Å². The fourth-order valence-electron chi connectivity index (χ4n) is 3.73. The molecule has 1 amide bonds. The van der Waals surface area contributed by atoms with Gasteiger partial charge in [0.1, 0.15) is 0 Å². The van der Waals surface area contributed by atoms with Gasteiger partial charge in [0.2, 0.25) is 0 Å². The number of piperidine rings is 1. The number of hydrogen-bond acceptors (Lipinski definition) is 5. The standard InChI is InChI=1S/C21H34N4O3S/c1-22-21(24-11-5-10-23-20(26)19-7-4-15-29-19)25-12-8-17(9-13-25)28-16-18-6-2-3-14-27-18/h4,7,15,17-18H,2-3,5-6,8-14,16H2,1H3,(H,22,24)(H,23,26). The molecule has 1 atom stereocenters. The van der Waals surface area contributed by atoms with Gasteiger partial charge < -0.3 is 25.0 Å². The van der Waals surface area contributed by atoms with Gasteiger partial charge in [0.05, 0.1) is 23.7 Å². The molecular formula is C21H34N4O3S. The Morgan fingerprint density at radius 3 is 2.79 bits per heavy atom. The molecule has 2 fully saturated rings. The normalized spacial score (nSPS) is 21.2. The number of likely N-dealkylation sites (tertiary alicyclic amines) is 1. The largest absolute Gasteiger partial charge is 0.376 e. The van der Waals surface area contributed by atoms with Crippen molar-refractivity contribution in [2.45, 2.75) is 50.7 Å². The smallest absolute Gasteiger partial charge is 0.261 e. The van der Waals surface area contributed by atoms with Crippen molar-refractivity contribution in [2.75, 3.05) is 46.4 Å². The van der Waals surface area contributed by atoms with Gasteiger partial charge in [-0.2, -0.15) is 0 Å². The van der Waals surface area contributed by atoms with Crippen LogP contribution >= 0.6 is 11.3 Å². The van der Waals surface area contributed by atoms with Crippen molar-refractivity contribution >= 4 is 23.2 Å². The molecule has 7 nitrogen and oxygen atoms in total. The van der Waals surface area contributed by atoms with Crippen LogP contribution in [0, 0.1) is 0 Å². The van der Waals surface area contributed by atoms with Gasteiger partial charge in [-0.25, -0.2) is 0 Å². The van der Waals surface area contributed by atoms with Crippen LogP contribution in [-0.2, 0) is 9.47 Å². The molecule has 162 valence electrons. The van der Waals surface area contributed by atoms with E-state index in [1.54, 1.807) is 0 Å². The van der Waals surface area contributed by atoms with Crippen molar-refractivity contribution < 1.29 is 14.3 Å². The van der Waals surface area contributed by atoms with Gasteiger partial charge in [-0.1, -0.05) is 6.07 Å². The van der Waals surface area contributed by atoms with E-state index in [0.29, 0.717) is 12.6 Å². The first kappa shape index (κ1) is 22.1. The van der Waals surface area contributed by atoms with Crippen LogP contribution in [0.15, 0.2) is 22.5 Å². The summed E-state index contributed by atoms with van der Waals surface area (Å²) in [6, 6.07) is 3.73. The third kappa shape index (κ3) is 7.28. The predicted octanol–water partition coefficient (Wildman–Crippen LogP) is 2.49. The highest BCUT2D eigenvalue weighted by atomic mass is 32.1. The molecule has 0 bridgehead atoms. The minimum absolute atomic E-state index is 0.00470. The van der Waals surface area contributed by atoms with Gasteiger partial charge in [-0.3, -0.25) is 9.79 Å². The number of thiophene rings is 1. The second-order valence-corrected chi connectivity index (χ2v) is 8.52. The summed E-state index contributed by atoms with van der Waals surface area (Å²) in [5, 5.41) is 8.28. The number of amides is 1. The molecule has 1 aromatic rings. The van der Waals surface area contributed by atoms with Crippen LogP contribution in [0.25, 0.3) is 0 Å². The van der Waals surface area contributed by atoms with E-state index in [2.05, 4.69) is 20.5 Å². The zero-order valence-electron chi connectivity index (χ0n) is 17.4. The Balaban J connectivity index is 1.27. The zero-order chi connectivity index (χ0) is 20.3. The monoisotopic (exact) mass is 422 g/mol.